The van der Waals surface area contributed by atoms with Crippen LogP contribution >= 0.6 is 0 Å². The van der Waals surface area contributed by atoms with Gasteiger partial charge in [-0.1, -0.05) is 0 Å². The Bertz CT molecular complexity index is 774. The number of pyridine rings is 1. The van der Waals surface area contributed by atoms with Gasteiger partial charge in [0.1, 0.15) is 0 Å². The van der Waals surface area contributed by atoms with Gasteiger partial charge in [0.2, 0.25) is 0 Å². The maximum absolute atomic E-state index is 12.7. The van der Waals surface area contributed by atoms with Crippen molar-refractivity contribution in [2.24, 2.45) is 0 Å². The fraction of sp³-hybridized carbons (Fsp3) is 0.412. The van der Waals surface area contributed by atoms with Gasteiger partial charge in [0, 0.05) is 23.2 Å². The van der Waals surface area contributed by atoms with Crippen LogP contribution in [0.25, 0.3) is 10.9 Å². The van der Waals surface area contributed by atoms with E-state index in [1.165, 1.54) is 5.69 Å². The van der Waals surface area contributed by atoms with Crippen LogP contribution < -0.4 is 5.43 Å². The Morgan fingerprint density at radius 1 is 1.29 bits per heavy atom. The summed E-state index contributed by atoms with van der Waals surface area (Å²) in [7, 11) is 0. The van der Waals surface area contributed by atoms with Crippen molar-refractivity contribution in [1.29, 1.82) is 0 Å². The highest BCUT2D eigenvalue weighted by Gasteiger charge is 2.21. The van der Waals surface area contributed by atoms with Crippen molar-refractivity contribution in [3.05, 3.63) is 45.2 Å². The predicted molar refractivity (Wildman–Crippen MR) is 81.9 cm³/mol. The number of rotatable bonds is 3. The van der Waals surface area contributed by atoms with E-state index in [2.05, 4.69) is 11.5 Å². The first-order chi connectivity index (χ1) is 10.2. The fourth-order valence-corrected chi connectivity index (χ4v) is 3.23. The van der Waals surface area contributed by atoms with Crippen molar-refractivity contribution in [3.63, 3.8) is 0 Å². The molecule has 1 heterocycles. The topological polar surface area (TPSA) is 48.3 Å². The Kier molecular flexibility index (Phi) is 3.53. The second-order valence-electron chi connectivity index (χ2n) is 5.30. The lowest BCUT2D eigenvalue weighted by Crippen LogP contribution is -2.17. The third kappa shape index (κ3) is 2.15. The molecule has 1 aliphatic carbocycles. The molecule has 0 radical (unpaired) electrons. The number of esters is 1. The Balaban J connectivity index is 2.27. The number of carbonyl (C=O) groups is 1. The monoisotopic (exact) mass is 285 g/mol. The van der Waals surface area contributed by atoms with Gasteiger partial charge in [0.15, 0.2) is 5.43 Å². The molecule has 0 atom stereocenters. The summed E-state index contributed by atoms with van der Waals surface area (Å²) in [6, 6.07) is 5.29. The van der Waals surface area contributed by atoms with E-state index >= 15 is 0 Å². The summed E-state index contributed by atoms with van der Waals surface area (Å²) >= 11 is 0. The molecule has 3 rings (SSSR count). The van der Waals surface area contributed by atoms with E-state index in [4.69, 9.17) is 4.74 Å². The summed E-state index contributed by atoms with van der Waals surface area (Å²) in [4.78, 5) is 24.5. The zero-order chi connectivity index (χ0) is 15.0. The standard InChI is InChI=1S/C17H19NO3/c1-3-18-14-7-5-6-12(14)16(19)13-10-11(8-9-15(13)18)17(20)21-4-2/h8-10H,3-7H2,1-2H3. The maximum Gasteiger partial charge on any atom is 0.338 e. The highest BCUT2D eigenvalue weighted by Crippen LogP contribution is 2.24. The van der Waals surface area contributed by atoms with E-state index in [9.17, 15) is 9.59 Å². The first-order valence-electron chi connectivity index (χ1n) is 7.52. The zero-order valence-corrected chi connectivity index (χ0v) is 12.4. The third-order valence-electron chi connectivity index (χ3n) is 4.15. The molecular weight excluding hydrogens is 266 g/mol. The second-order valence-corrected chi connectivity index (χ2v) is 5.30. The van der Waals surface area contributed by atoms with Gasteiger partial charge in [-0.25, -0.2) is 4.79 Å². The van der Waals surface area contributed by atoms with E-state index in [0.29, 0.717) is 17.6 Å². The summed E-state index contributed by atoms with van der Waals surface area (Å²) in [6.07, 6.45) is 2.84. The maximum atomic E-state index is 12.7. The quantitative estimate of drug-likeness (QED) is 0.815. The molecule has 110 valence electrons. The zero-order valence-electron chi connectivity index (χ0n) is 12.4. The van der Waals surface area contributed by atoms with E-state index in [1.54, 1.807) is 19.1 Å². The molecule has 0 bridgehead atoms. The van der Waals surface area contributed by atoms with Gasteiger partial charge in [-0.05, 0) is 51.3 Å². The molecule has 0 amide bonds. The van der Waals surface area contributed by atoms with Crippen LogP contribution in [0.1, 0.15) is 41.9 Å². The molecular formula is C17H19NO3. The minimum Gasteiger partial charge on any atom is -0.462 e. The molecule has 1 aromatic carbocycles. The van der Waals surface area contributed by atoms with Crippen LogP contribution in [0.3, 0.4) is 0 Å². The van der Waals surface area contributed by atoms with Crippen LogP contribution in [0.2, 0.25) is 0 Å². The highest BCUT2D eigenvalue weighted by atomic mass is 16.5. The Morgan fingerprint density at radius 2 is 2.10 bits per heavy atom. The van der Waals surface area contributed by atoms with Gasteiger partial charge in [-0.2, -0.15) is 0 Å². The summed E-state index contributed by atoms with van der Waals surface area (Å²) in [5, 5.41) is 0.628. The molecule has 0 N–H and O–H groups in total. The number of carbonyl (C=O) groups excluding carboxylic acids is 1. The van der Waals surface area contributed by atoms with Gasteiger partial charge < -0.3 is 9.30 Å². The molecule has 0 unspecified atom stereocenters. The number of hydrogen-bond donors (Lipinski definition) is 0. The van der Waals surface area contributed by atoms with Crippen LogP contribution in [-0.4, -0.2) is 17.1 Å². The van der Waals surface area contributed by atoms with Crippen molar-refractivity contribution >= 4 is 16.9 Å². The Labute approximate surface area is 123 Å². The SMILES string of the molecule is CCOC(=O)c1ccc2c(c1)c(=O)c1c(n2CC)CCC1. The van der Waals surface area contributed by atoms with Gasteiger partial charge >= 0.3 is 5.97 Å². The lowest BCUT2D eigenvalue weighted by Gasteiger charge is -2.15. The molecule has 4 nitrogen and oxygen atoms in total. The average molecular weight is 285 g/mol. The third-order valence-corrected chi connectivity index (χ3v) is 4.15. The van der Waals surface area contributed by atoms with Crippen molar-refractivity contribution < 1.29 is 9.53 Å². The van der Waals surface area contributed by atoms with Crippen molar-refractivity contribution in [2.45, 2.75) is 39.7 Å². The lowest BCUT2D eigenvalue weighted by molar-refractivity contribution is 0.0526. The van der Waals surface area contributed by atoms with Crippen LogP contribution in [0.15, 0.2) is 23.0 Å². The smallest absolute Gasteiger partial charge is 0.338 e. The summed E-state index contributed by atoms with van der Waals surface area (Å²) in [5.74, 6) is -0.373. The predicted octanol–water partition coefficient (Wildman–Crippen LogP) is 2.69. The number of hydrogen-bond acceptors (Lipinski definition) is 3. The largest absolute Gasteiger partial charge is 0.462 e. The molecule has 21 heavy (non-hydrogen) atoms. The number of nitrogens with zero attached hydrogens (tertiary/aromatic N) is 1. The van der Waals surface area contributed by atoms with Crippen molar-refractivity contribution in [2.75, 3.05) is 6.61 Å². The number of aryl methyl sites for hydroxylation is 1. The lowest BCUT2D eigenvalue weighted by atomic mass is 10.1. The van der Waals surface area contributed by atoms with Gasteiger partial charge in [-0.15, -0.1) is 0 Å². The van der Waals surface area contributed by atoms with E-state index in [1.807, 2.05) is 6.07 Å². The number of ether oxygens (including phenoxy) is 1. The second kappa shape index (κ2) is 5.35. The minimum atomic E-state index is -0.373. The molecule has 2 aromatic rings. The normalized spacial score (nSPS) is 13.4. The molecule has 0 aliphatic heterocycles. The first kappa shape index (κ1) is 13.9. The van der Waals surface area contributed by atoms with Crippen molar-refractivity contribution in [3.8, 4) is 0 Å². The molecule has 1 aliphatic rings. The van der Waals surface area contributed by atoms with Crippen LogP contribution in [0.4, 0.5) is 0 Å². The van der Waals surface area contributed by atoms with Crippen LogP contribution in [0, 0.1) is 0 Å². The highest BCUT2D eigenvalue weighted by molar-refractivity contribution is 5.94. The fourth-order valence-electron chi connectivity index (χ4n) is 3.23. The molecule has 0 saturated heterocycles. The Morgan fingerprint density at radius 3 is 2.81 bits per heavy atom. The summed E-state index contributed by atoms with van der Waals surface area (Å²) in [6.45, 7) is 5.02. The van der Waals surface area contributed by atoms with E-state index < -0.39 is 0 Å². The van der Waals surface area contributed by atoms with Crippen LogP contribution in [-0.2, 0) is 24.1 Å². The van der Waals surface area contributed by atoms with Gasteiger partial charge in [0.05, 0.1) is 17.7 Å². The van der Waals surface area contributed by atoms with E-state index in [0.717, 1.165) is 36.9 Å². The Hall–Kier alpha value is -2.10. The minimum absolute atomic E-state index is 0.0772. The number of fused-ring (bicyclic) bond motifs is 2. The first-order valence-corrected chi connectivity index (χ1v) is 7.52. The average Bonchev–Trinajstić information content (AvgIpc) is 2.97. The van der Waals surface area contributed by atoms with Gasteiger partial charge in [-0.3, -0.25) is 4.79 Å². The van der Waals surface area contributed by atoms with E-state index in [-0.39, 0.29) is 11.4 Å². The van der Waals surface area contributed by atoms with Crippen LogP contribution in [0.5, 0.6) is 0 Å². The number of aromatic nitrogens is 1. The molecule has 0 fully saturated rings. The van der Waals surface area contributed by atoms with Gasteiger partial charge in [0.25, 0.3) is 0 Å². The molecule has 0 saturated carbocycles. The molecule has 4 heteroatoms. The molecule has 0 spiro atoms. The van der Waals surface area contributed by atoms with Crippen molar-refractivity contribution in [1.82, 2.24) is 4.57 Å². The number of benzene rings is 1. The summed E-state index contributed by atoms with van der Waals surface area (Å²) in [5.41, 5.74) is 3.52. The molecule has 1 aromatic heterocycles. The summed E-state index contributed by atoms with van der Waals surface area (Å²) < 4.78 is 7.22.